The molecule has 1 atom stereocenters. The van der Waals surface area contributed by atoms with Gasteiger partial charge in [0.2, 0.25) is 5.91 Å². The summed E-state index contributed by atoms with van der Waals surface area (Å²) in [5, 5.41) is 0.493. The Morgan fingerprint density at radius 2 is 2.00 bits per heavy atom. The third-order valence-corrected chi connectivity index (χ3v) is 6.27. The molecule has 1 unspecified atom stereocenters. The smallest absolute Gasteiger partial charge is 0.255 e. The maximum atomic E-state index is 12.9. The van der Waals surface area contributed by atoms with Gasteiger partial charge in [-0.2, -0.15) is 0 Å². The highest BCUT2D eigenvalue weighted by atomic mass is 35.5. The number of halogens is 1. The van der Waals surface area contributed by atoms with Crippen LogP contribution in [0.1, 0.15) is 45.9 Å². The SMILES string of the molecule is CN(C)CC1(c2cccc(CCN3C(=O)c4ccc(Cl)cc4C3C(N)=O)c2)CC1. The van der Waals surface area contributed by atoms with Crippen LogP contribution in [0.4, 0.5) is 0 Å². The summed E-state index contributed by atoms with van der Waals surface area (Å²) in [7, 11) is 4.22. The highest BCUT2D eigenvalue weighted by molar-refractivity contribution is 6.31. The van der Waals surface area contributed by atoms with Crippen molar-refractivity contribution in [3.05, 3.63) is 69.7 Å². The van der Waals surface area contributed by atoms with Gasteiger partial charge in [0.25, 0.3) is 5.91 Å². The van der Waals surface area contributed by atoms with Crippen molar-refractivity contribution in [2.45, 2.75) is 30.7 Å². The Bertz CT molecular complexity index is 968. The first kappa shape index (κ1) is 19.9. The Balaban J connectivity index is 1.53. The minimum absolute atomic E-state index is 0.164. The third kappa shape index (κ3) is 3.77. The predicted octanol–water partition coefficient (Wildman–Crippen LogP) is 3.16. The number of nitrogens with two attached hydrogens (primary N) is 1. The first-order valence-electron chi connectivity index (χ1n) is 9.95. The molecule has 1 fully saturated rings. The van der Waals surface area contributed by atoms with Crippen molar-refractivity contribution in [2.24, 2.45) is 5.73 Å². The fraction of sp³-hybridized carbons (Fsp3) is 0.391. The lowest BCUT2D eigenvalue weighted by Gasteiger charge is -2.24. The highest BCUT2D eigenvalue weighted by Gasteiger charge is 2.44. The zero-order valence-corrected chi connectivity index (χ0v) is 17.6. The van der Waals surface area contributed by atoms with Crippen LogP contribution in [-0.2, 0) is 16.6 Å². The van der Waals surface area contributed by atoms with Crippen molar-refractivity contribution < 1.29 is 9.59 Å². The summed E-state index contributed by atoms with van der Waals surface area (Å²) >= 11 is 6.08. The van der Waals surface area contributed by atoms with Gasteiger partial charge in [0, 0.05) is 29.1 Å². The summed E-state index contributed by atoms with van der Waals surface area (Å²) in [6.07, 6.45) is 3.08. The average molecular weight is 412 g/mol. The molecule has 2 aromatic rings. The zero-order chi connectivity index (χ0) is 20.8. The molecule has 0 radical (unpaired) electrons. The van der Waals surface area contributed by atoms with Gasteiger partial charge < -0.3 is 15.5 Å². The lowest BCUT2D eigenvalue weighted by atomic mass is 9.93. The third-order valence-electron chi connectivity index (χ3n) is 6.03. The first-order chi connectivity index (χ1) is 13.8. The van der Waals surface area contributed by atoms with Gasteiger partial charge in [-0.15, -0.1) is 0 Å². The van der Waals surface area contributed by atoms with Crippen LogP contribution in [0.25, 0.3) is 0 Å². The molecule has 2 aliphatic rings. The summed E-state index contributed by atoms with van der Waals surface area (Å²) in [6.45, 7) is 1.48. The molecule has 2 aromatic carbocycles. The predicted molar refractivity (Wildman–Crippen MR) is 114 cm³/mol. The minimum Gasteiger partial charge on any atom is -0.368 e. The molecule has 152 valence electrons. The maximum absolute atomic E-state index is 12.9. The van der Waals surface area contributed by atoms with E-state index in [1.807, 2.05) is 0 Å². The van der Waals surface area contributed by atoms with E-state index in [1.165, 1.54) is 18.4 Å². The molecule has 1 aliphatic heterocycles. The molecule has 1 saturated carbocycles. The lowest BCUT2D eigenvalue weighted by molar-refractivity contribution is -0.122. The van der Waals surface area contributed by atoms with Crippen LogP contribution in [0.15, 0.2) is 42.5 Å². The number of nitrogens with zero attached hydrogens (tertiary/aromatic N) is 2. The van der Waals surface area contributed by atoms with Crippen LogP contribution in [0, 0.1) is 0 Å². The molecule has 0 bridgehead atoms. The van der Waals surface area contributed by atoms with Gasteiger partial charge in [0.15, 0.2) is 0 Å². The zero-order valence-electron chi connectivity index (χ0n) is 16.8. The van der Waals surface area contributed by atoms with Crippen molar-refractivity contribution in [1.29, 1.82) is 0 Å². The Morgan fingerprint density at radius 3 is 2.66 bits per heavy atom. The summed E-state index contributed by atoms with van der Waals surface area (Å²) in [4.78, 5) is 28.8. The van der Waals surface area contributed by atoms with E-state index in [-0.39, 0.29) is 11.3 Å². The minimum atomic E-state index is -0.761. The summed E-state index contributed by atoms with van der Waals surface area (Å²) in [5.41, 5.74) is 9.53. The van der Waals surface area contributed by atoms with Crippen LogP contribution in [0.2, 0.25) is 5.02 Å². The number of amides is 2. The standard InChI is InChI=1S/C23H26ClN3O2/c1-26(2)14-23(9-10-23)16-5-3-4-15(12-16)8-11-27-20(21(25)28)19-13-17(24)6-7-18(19)22(27)29/h3-7,12-13,20H,8-11,14H2,1-2H3,(H2,25,28). The van der Waals surface area contributed by atoms with E-state index in [0.717, 1.165) is 12.1 Å². The van der Waals surface area contributed by atoms with Gasteiger partial charge in [0.05, 0.1) is 0 Å². The average Bonchev–Trinajstić information content (AvgIpc) is 3.38. The number of fused-ring (bicyclic) bond motifs is 1. The normalized spacial score (nSPS) is 19.5. The van der Waals surface area contributed by atoms with Crippen molar-refractivity contribution in [2.75, 3.05) is 27.2 Å². The van der Waals surface area contributed by atoms with E-state index in [9.17, 15) is 9.59 Å². The van der Waals surface area contributed by atoms with E-state index in [0.29, 0.717) is 29.1 Å². The largest absolute Gasteiger partial charge is 0.368 e. The quantitative estimate of drug-likeness (QED) is 0.761. The second kappa shape index (κ2) is 7.47. The van der Waals surface area contributed by atoms with Gasteiger partial charge in [-0.3, -0.25) is 9.59 Å². The number of benzene rings is 2. The van der Waals surface area contributed by atoms with Crippen LogP contribution >= 0.6 is 11.6 Å². The Hall–Kier alpha value is -2.37. The van der Waals surface area contributed by atoms with Crippen molar-refractivity contribution in [3.8, 4) is 0 Å². The molecule has 5 nitrogen and oxygen atoms in total. The number of hydrogen-bond acceptors (Lipinski definition) is 3. The molecule has 1 aliphatic carbocycles. The topological polar surface area (TPSA) is 66.6 Å². The number of rotatable bonds is 7. The number of likely N-dealkylation sites (N-methyl/N-ethyl adjacent to an activating group) is 1. The number of primary amides is 1. The molecule has 2 N–H and O–H groups in total. The summed E-state index contributed by atoms with van der Waals surface area (Å²) < 4.78 is 0. The molecule has 1 heterocycles. The van der Waals surface area contributed by atoms with E-state index >= 15 is 0 Å². The number of carbonyl (C=O) groups is 2. The molecule has 6 heteroatoms. The maximum Gasteiger partial charge on any atom is 0.255 e. The van der Waals surface area contributed by atoms with Crippen LogP contribution < -0.4 is 5.73 Å². The highest BCUT2D eigenvalue weighted by Crippen LogP contribution is 2.48. The molecule has 29 heavy (non-hydrogen) atoms. The van der Waals surface area contributed by atoms with Gasteiger partial charge >= 0.3 is 0 Å². The molecular formula is C23H26ClN3O2. The number of carbonyl (C=O) groups excluding carboxylic acids is 2. The molecule has 4 rings (SSSR count). The summed E-state index contributed by atoms with van der Waals surface area (Å²) in [5.74, 6) is -0.695. The molecule has 2 amide bonds. The van der Waals surface area contributed by atoms with Crippen LogP contribution in [0.3, 0.4) is 0 Å². The van der Waals surface area contributed by atoms with Crippen molar-refractivity contribution in [3.63, 3.8) is 0 Å². The summed E-state index contributed by atoms with van der Waals surface area (Å²) in [6, 6.07) is 12.9. The lowest BCUT2D eigenvalue weighted by Crippen LogP contribution is -2.37. The van der Waals surface area contributed by atoms with E-state index in [1.54, 1.807) is 23.1 Å². The van der Waals surface area contributed by atoms with Gasteiger partial charge in [-0.05, 0) is 68.2 Å². The van der Waals surface area contributed by atoms with E-state index in [4.69, 9.17) is 17.3 Å². The van der Waals surface area contributed by atoms with Gasteiger partial charge in [0.1, 0.15) is 6.04 Å². The Morgan fingerprint density at radius 1 is 1.24 bits per heavy atom. The fourth-order valence-electron chi connectivity index (χ4n) is 4.53. The van der Waals surface area contributed by atoms with E-state index < -0.39 is 11.9 Å². The van der Waals surface area contributed by atoms with Crippen molar-refractivity contribution >= 4 is 23.4 Å². The monoisotopic (exact) mass is 411 g/mol. The van der Waals surface area contributed by atoms with Crippen LogP contribution in [-0.4, -0.2) is 48.8 Å². The second-order valence-electron chi connectivity index (χ2n) is 8.50. The van der Waals surface area contributed by atoms with Crippen LogP contribution in [0.5, 0.6) is 0 Å². The Kier molecular flexibility index (Phi) is 5.13. The van der Waals surface area contributed by atoms with Crippen molar-refractivity contribution in [1.82, 2.24) is 9.80 Å². The second-order valence-corrected chi connectivity index (χ2v) is 8.94. The fourth-order valence-corrected chi connectivity index (χ4v) is 4.71. The van der Waals surface area contributed by atoms with Gasteiger partial charge in [-0.1, -0.05) is 35.9 Å². The van der Waals surface area contributed by atoms with Gasteiger partial charge in [-0.25, -0.2) is 0 Å². The first-order valence-corrected chi connectivity index (χ1v) is 10.3. The number of hydrogen-bond donors (Lipinski definition) is 1. The molecular weight excluding hydrogens is 386 g/mol. The van der Waals surface area contributed by atoms with E-state index in [2.05, 4.69) is 43.3 Å². The molecule has 0 aromatic heterocycles. The molecule has 0 spiro atoms. The Labute approximate surface area is 176 Å². The molecule has 0 saturated heterocycles.